The highest BCUT2D eigenvalue weighted by Gasteiger charge is 2.21. The summed E-state index contributed by atoms with van der Waals surface area (Å²) in [6.07, 6.45) is 2.42. The average Bonchev–Trinajstić information content (AvgIpc) is 2.41. The van der Waals surface area contributed by atoms with E-state index in [0.29, 0.717) is 6.54 Å². The van der Waals surface area contributed by atoms with Gasteiger partial charge in [-0.05, 0) is 45.9 Å². The van der Waals surface area contributed by atoms with E-state index >= 15 is 0 Å². The third-order valence-corrected chi connectivity index (χ3v) is 3.79. The van der Waals surface area contributed by atoms with Gasteiger partial charge >= 0.3 is 0 Å². The van der Waals surface area contributed by atoms with E-state index in [2.05, 4.69) is 23.9 Å². The molecule has 1 aliphatic heterocycles. The number of likely N-dealkylation sites (tertiary alicyclic amines) is 1. The minimum absolute atomic E-state index is 0.242. The van der Waals surface area contributed by atoms with Crippen molar-refractivity contribution in [1.82, 2.24) is 9.80 Å². The molecule has 3 heteroatoms. The van der Waals surface area contributed by atoms with Crippen LogP contribution in [0.1, 0.15) is 23.2 Å². The van der Waals surface area contributed by atoms with E-state index in [1.807, 2.05) is 30.3 Å². The smallest absolute Gasteiger partial charge is 0.176 e. The quantitative estimate of drug-likeness (QED) is 0.758. The molecule has 0 aliphatic carbocycles. The topological polar surface area (TPSA) is 23.6 Å². The lowest BCUT2D eigenvalue weighted by molar-refractivity contribution is 0.0886. The maximum absolute atomic E-state index is 12.1. The van der Waals surface area contributed by atoms with Gasteiger partial charge < -0.3 is 4.90 Å². The lowest BCUT2D eigenvalue weighted by atomic mass is 9.96. The van der Waals surface area contributed by atoms with Crippen molar-refractivity contribution in [1.29, 1.82) is 0 Å². The number of ketones is 1. The molecule has 2 rings (SSSR count). The van der Waals surface area contributed by atoms with Crippen LogP contribution in [0.3, 0.4) is 0 Å². The standard InChI is InChI=1S/C16H24N2O/c1-17(2)12-14-8-10-18(11-9-14)13-16(19)15-6-4-3-5-7-15/h3-7,14H,8-13H2,1-2H3. The minimum Gasteiger partial charge on any atom is -0.309 e. The van der Waals surface area contributed by atoms with Gasteiger partial charge in [-0.2, -0.15) is 0 Å². The second-order valence-electron chi connectivity index (χ2n) is 5.77. The SMILES string of the molecule is CN(C)CC1CCN(CC(=O)c2ccccc2)CC1. The first-order valence-electron chi connectivity index (χ1n) is 7.10. The summed E-state index contributed by atoms with van der Waals surface area (Å²) in [5.74, 6) is 1.03. The highest BCUT2D eigenvalue weighted by Crippen LogP contribution is 2.18. The molecule has 0 aromatic heterocycles. The van der Waals surface area contributed by atoms with Crippen molar-refractivity contribution < 1.29 is 4.79 Å². The highest BCUT2D eigenvalue weighted by atomic mass is 16.1. The summed E-state index contributed by atoms with van der Waals surface area (Å²) < 4.78 is 0. The fourth-order valence-corrected chi connectivity index (χ4v) is 2.76. The van der Waals surface area contributed by atoms with Gasteiger partial charge in [0.25, 0.3) is 0 Å². The van der Waals surface area contributed by atoms with E-state index in [0.717, 1.165) is 24.6 Å². The van der Waals surface area contributed by atoms with Crippen molar-refractivity contribution in [2.24, 2.45) is 5.92 Å². The van der Waals surface area contributed by atoms with E-state index in [9.17, 15) is 4.79 Å². The number of carbonyl (C=O) groups excluding carboxylic acids is 1. The van der Waals surface area contributed by atoms with Gasteiger partial charge in [0, 0.05) is 12.1 Å². The molecule has 0 amide bonds. The van der Waals surface area contributed by atoms with Crippen molar-refractivity contribution >= 4 is 5.78 Å². The third kappa shape index (κ3) is 4.44. The summed E-state index contributed by atoms with van der Waals surface area (Å²) in [5, 5.41) is 0. The lowest BCUT2D eigenvalue weighted by Crippen LogP contribution is -2.39. The number of carbonyl (C=O) groups is 1. The number of rotatable bonds is 5. The van der Waals surface area contributed by atoms with Crippen LogP contribution >= 0.6 is 0 Å². The first kappa shape index (κ1) is 14.2. The molecule has 3 nitrogen and oxygen atoms in total. The molecule has 104 valence electrons. The Morgan fingerprint density at radius 3 is 2.42 bits per heavy atom. The summed E-state index contributed by atoms with van der Waals surface area (Å²) >= 11 is 0. The molecule has 1 saturated heterocycles. The summed E-state index contributed by atoms with van der Waals surface area (Å²) in [6, 6.07) is 9.61. The van der Waals surface area contributed by atoms with Gasteiger partial charge in [0.15, 0.2) is 5.78 Å². The average molecular weight is 260 g/mol. The summed E-state index contributed by atoms with van der Waals surface area (Å²) in [4.78, 5) is 16.7. The van der Waals surface area contributed by atoms with Crippen LogP contribution in [-0.2, 0) is 0 Å². The Hall–Kier alpha value is -1.19. The highest BCUT2D eigenvalue weighted by molar-refractivity contribution is 5.97. The Morgan fingerprint density at radius 2 is 1.84 bits per heavy atom. The third-order valence-electron chi connectivity index (χ3n) is 3.79. The van der Waals surface area contributed by atoms with Gasteiger partial charge in [0.1, 0.15) is 0 Å². The van der Waals surface area contributed by atoms with E-state index in [4.69, 9.17) is 0 Å². The van der Waals surface area contributed by atoms with E-state index in [-0.39, 0.29) is 5.78 Å². The molecule has 0 saturated carbocycles. The Balaban J connectivity index is 1.78. The zero-order valence-electron chi connectivity index (χ0n) is 12.0. The fourth-order valence-electron chi connectivity index (χ4n) is 2.76. The van der Waals surface area contributed by atoms with E-state index in [1.54, 1.807) is 0 Å². The molecule has 19 heavy (non-hydrogen) atoms. The molecule has 0 spiro atoms. The van der Waals surface area contributed by atoms with Crippen LogP contribution in [0.2, 0.25) is 0 Å². The molecule has 0 bridgehead atoms. The number of nitrogens with zero attached hydrogens (tertiary/aromatic N) is 2. The number of hydrogen-bond donors (Lipinski definition) is 0. The maximum Gasteiger partial charge on any atom is 0.176 e. The Kier molecular flexibility index (Phi) is 5.11. The van der Waals surface area contributed by atoms with Gasteiger partial charge in [-0.1, -0.05) is 30.3 Å². The largest absolute Gasteiger partial charge is 0.309 e. The van der Waals surface area contributed by atoms with Crippen molar-refractivity contribution in [3.8, 4) is 0 Å². The summed E-state index contributed by atoms with van der Waals surface area (Å²) in [7, 11) is 4.26. The van der Waals surface area contributed by atoms with Crippen LogP contribution < -0.4 is 0 Å². The minimum atomic E-state index is 0.242. The lowest BCUT2D eigenvalue weighted by Gasteiger charge is -2.32. The predicted octanol–water partition coefficient (Wildman–Crippen LogP) is 2.14. The fraction of sp³-hybridized carbons (Fsp3) is 0.562. The van der Waals surface area contributed by atoms with Crippen LogP contribution in [0, 0.1) is 5.92 Å². The molecule has 1 aromatic rings. The molecule has 0 unspecified atom stereocenters. The van der Waals surface area contributed by atoms with Crippen LogP contribution in [0.25, 0.3) is 0 Å². The van der Waals surface area contributed by atoms with Crippen LogP contribution in [0.5, 0.6) is 0 Å². The molecule has 0 N–H and O–H groups in total. The predicted molar refractivity (Wildman–Crippen MR) is 78.5 cm³/mol. The normalized spacial score (nSPS) is 17.8. The molecule has 1 aliphatic rings. The van der Waals surface area contributed by atoms with Gasteiger partial charge in [-0.25, -0.2) is 0 Å². The molecule has 0 radical (unpaired) electrons. The molecule has 1 aromatic carbocycles. The monoisotopic (exact) mass is 260 g/mol. The summed E-state index contributed by atoms with van der Waals surface area (Å²) in [5.41, 5.74) is 0.831. The molecule has 1 heterocycles. The van der Waals surface area contributed by atoms with Crippen molar-refractivity contribution in [2.75, 3.05) is 40.3 Å². The van der Waals surface area contributed by atoms with Crippen molar-refractivity contribution in [2.45, 2.75) is 12.8 Å². The zero-order valence-corrected chi connectivity index (χ0v) is 12.0. The molecule has 0 atom stereocenters. The van der Waals surface area contributed by atoms with E-state index < -0.39 is 0 Å². The van der Waals surface area contributed by atoms with E-state index in [1.165, 1.54) is 19.4 Å². The number of hydrogen-bond acceptors (Lipinski definition) is 3. The van der Waals surface area contributed by atoms with Crippen LogP contribution in [-0.4, -0.2) is 55.9 Å². The molecular formula is C16H24N2O. The molecular weight excluding hydrogens is 236 g/mol. The first-order chi connectivity index (χ1) is 9.15. The zero-order chi connectivity index (χ0) is 13.7. The molecule has 1 fully saturated rings. The number of piperidine rings is 1. The maximum atomic E-state index is 12.1. The first-order valence-corrected chi connectivity index (χ1v) is 7.10. The Bertz CT molecular complexity index is 394. The van der Waals surface area contributed by atoms with Gasteiger partial charge in [-0.15, -0.1) is 0 Å². The Labute approximate surface area is 116 Å². The van der Waals surface area contributed by atoms with Gasteiger partial charge in [0.2, 0.25) is 0 Å². The summed E-state index contributed by atoms with van der Waals surface area (Å²) in [6.45, 7) is 3.84. The Morgan fingerprint density at radius 1 is 1.21 bits per heavy atom. The van der Waals surface area contributed by atoms with Crippen molar-refractivity contribution in [3.05, 3.63) is 35.9 Å². The van der Waals surface area contributed by atoms with Crippen LogP contribution in [0.15, 0.2) is 30.3 Å². The number of benzene rings is 1. The van der Waals surface area contributed by atoms with Gasteiger partial charge in [-0.3, -0.25) is 9.69 Å². The number of Topliss-reactive ketones (excluding diaryl/α,β-unsaturated/α-hetero) is 1. The van der Waals surface area contributed by atoms with Crippen LogP contribution in [0.4, 0.5) is 0 Å². The van der Waals surface area contributed by atoms with Gasteiger partial charge in [0.05, 0.1) is 6.54 Å². The second kappa shape index (κ2) is 6.83. The van der Waals surface area contributed by atoms with Crippen molar-refractivity contribution in [3.63, 3.8) is 0 Å². The second-order valence-corrected chi connectivity index (χ2v) is 5.77.